The first-order valence-corrected chi connectivity index (χ1v) is 11.0. The van der Waals surface area contributed by atoms with E-state index >= 15 is 0 Å². The molecule has 0 amide bonds. The zero-order valence-electron chi connectivity index (χ0n) is 16.4. The van der Waals surface area contributed by atoms with Crippen LogP contribution in [0.5, 0.6) is 0 Å². The summed E-state index contributed by atoms with van der Waals surface area (Å²) in [6, 6.07) is 0. The second-order valence-corrected chi connectivity index (χ2v) is 10.6. The van der Waals surface area contributed by atoms with Crippen LogP contribution in [0.25, 0.3) is 0 Å². The SMILES string of the molecule is C[C@]12CC[C@H]3[C@@H](CC[C@@]4(O)CCCC[C@]34C)[C@H]1CC[C@@H]2C1=CC(=O)OC1. The van der Waals surface area contributed by atoms with E-state index in [-0.39, 0.29) is 11.4 Å². The second-order valence-electron chi connectivity index (χ2n) is 10.6. The summed E-state index contributed by atoms with van der Waals surface area (Å²) in [6.45, 7) is 5.45. The fourth-order valence-electron chi connectivity index (χ4n) is 8.45. The molecule has 1 aliphatic heterocycles. The predicted molar refractivity (Wildman–Crippen MR) is 100 cm³/mol. The standard InChI is InChI=1S/C23H34O3/c1-21-11-8-19-16(7-12-23(25)10-4-3-9-22(19,23)2)18(21)6-5-17(21)15-13-20(24)26-14-15/h13,16-19,25H,3-12,14H2,1-2H3/t16-,17+,18+,19-,21+,22+,23-/m0/s1. The van der Waals surface area contributed by atoms with Crippen molar-refractivity contribution >= 4 is 5.97 Å². The van der Waals surface area contributed by atoms with Gasteiger partial charge in [0.2, 0.25) is 0 Å². The zero-order valence-corrected chi connectivity index (χ0v) is 16.4. The van der Waals surface area contributed by atoms with Crippen molar-refractivity contribution in [3.63, 3.8) is 0 Å². The number of carbonyl (C=O) groups excluding carboxylic acids is 1. The van der Waals surface area contributed by atoms with E-state index in [1.165, 1.54) is 56.9 Å². The molecule has 3 nitrogen and oxygen atoms in total. The number of fused-ring (bicyclic) bond motifs is 5. The van der Waals surface area contributed by atoms with Crippen molar-refractivity contribution in [1.29, 1.82) is 0 Å². The summed E-state index contributed by atoms with van der Waals surface area (Å²) < 4.78 is 5.24. The lowest BCUT2D eigenvalue weighted by Crippen LogP contribution is -2.61. The quantitative estimate of drug-likeness (QED) is 0.695. The molecular formula is C23H34O3. The van der Waals surface area contributed by atoms with Crippen molar-refractivity contribution in [3.05, 3.63) is 11.6 Å². The van der Waals surface area contributed by atoms with Crippen molar-refractivity contribution in [3.8, 4) is 0 Å². The van der Waals surface area contributed by atoms with Crippen LogP contribution in [0.4, 0.5) is 0 Å². The van der Waals surface area contributed by atoms with Crippen LogP contribution in [0.1, 0.15) is 78.1 Å². The van der Waals surface area contributed by atoms with Crippen LogP contribution in [0.15, 0.2) is 11.6 Å². The third-order valence-corrected chi connectivity index (χ3v) is 9.88. The number of rotatable bonds is 1. The average Bonchev–Trinajstić information content (AvgIpc) is 3.18. The third kappa shape index (κ3) is 2.13. The molecule has 4 saturated carbocycles. The number of aliphatic hydroxyl groups is 1. The Labute approximate surface area is 157 Å². The van der Waals surface area contributed by atoms with Crippen LogP contribution in [-0.4, -0.2) is 23.3 Å². The van der Waals surface area contributed by atoms with Crippen molar-refractivity contribution < 1.29 is 14.6 Å². The highest BCUT2D eigenvalue weighted by molar-refractivity contribution is 5.85. The summed E-state index contributed by atoms with van der Waals surface area (Å²) in [5.74, 6) is 2.60. The van der Waals surface area contributed by atoms with E-state index in [1.807, 2.05) is 0 Å². The summed E-state index contributed by atoms with van der Waals surface area (Å²) in [4.78, 5) is 11.6. The van der Waals surface area contributed by atoms with Gasteiger partial charge in [-0.25, -0.2) is 4.79 Å². The molecule has 0 spiro atoms. The normalized spacial score (nSPS) is 53.3. The van der Waals surface area contributed by atoms with Gasteiger partial charge < -0.3 is 9.84 Å². The maximum atomic E-state index is 11.6. The Morgan fingerprint density at radius 3 is 2.58 bits per heavy atom. The number of cyclic esters (lactones) is 1. The highest BCUT2D eigenvalue weighted by atomic mass is 16.5. The van der Waals surface area contributed by atoms with E-state index < -0.39 is 5.60 Å². The number of hydrogen-bond donors (Lipinski definition) is 1. The number of esters is 1. The van der Waals surface area contributed by atoms with E-state index in [9.17, 15) is 9.90 Å². The fraction of sp³-hybridized carbons (Fsp3) is 0.870. The molecule has 26 heavy (non-hydrogen) atoms. The Balaban J connectivity index is 1.45. The lowest BCUT2D eigenvalue weighted by molar-refractivity contribution is -0.203. The van der Waals surface area contributed by atoms with Crippen LogP contribution in [-0.2, 0) is 9.53 Å². The highest BCUT2D eigenvalue weighted by Crippen LogP contribution is 2.69. The van der Waals surface area contributed by atoms with Gasteiger partial charge in [-0.3, -0.25) is 0 Å². The molecule has 5 aliphatic rings. The molecule has 0 aromatic rings. The van der Waals surface area contributed by atoms with Gasteiger partial charge in [0, 0.05) is 6.08 Å². The summed E-state index contributed by atoms with van der Waals surface area (Å²) in [5.41, 5.74) is 1.29. The third-order valence-electron chi connectivity index (χ3n) is 9.88. The van der Waals surface area contributed by atoms with E-state index in [2.05, 4.69) is 13.8 Å². The molecule has 0 saturated heterocycles. The molecule has 5 rings (SSSR count). The Bertz CT molecular complexity index is 654. The minimum absolute atomic E-state index is 0.124. The minimum Gasteiger partial charge on any atom is -0.458 e. The summed E-state index contributed by atoms with van der Waals surface area (Å²) >= 11 is 0. The highest BCUT2D eigenvalue weighted by Gasteiger charge is 2.63. The molecule has 4 fully saturated rings. The van der Waals surface area contributed by atoms with Gasteiger partial charge in [0.1, 0.15) is 6.61 Å². The van der Waals surface area contributed by atoms with Gasteiger partial charge >= 0.3 is 5.97 Å². The average molecular weight is 359 g/mol. The van der Waals surface area contributed by atoms with Gasteiger partial charge in [0.05, 0.1) is 5.60 Å². The van der Waals surface area contributed by atoms with Crippen molar-refractivity contribution in [1.82, 2.24) is 0 Å². The molecule has 4 aliphatic carbocycles. The molecule has 144 valence electrons. The van der Waals surface area contributed by atoms with Crippen molar-refractivity contribution in [2.24, 2.45) is 34.5 Å². The van der Waals surface area contributed by atoms with Gasteiger partial charge in [-0.2, -0.15) is 0 Å². The largest absolute Gasteiger partial charge is 0.458 e. The topological polar surface area (TPSA) is 46.5 Å². The lowest BCUT2D eigenvalue weighted by Gasteiger charge is -2.63. The molecule has 0 bridgehead atoms. The second kappa shape index (κ2) is 5.59. The van der Waals surface area contributed by atoms with Gasteiger partial charge in [-0.1, -0.05) is 26.7 Å². The molecule has 0 radical (unpaired) electrons. The smallest absolute Gasteiger partial charge is 0.331 e. The minimum atomic E-state index is -0.410. The lowest BCUT2D eigenvalue weighted by atomic mass is 9.43. The van der Waals surface area contributed by atoms with Crippen LogP contribution in [0.3, 0.4) is 0 Å². The van der Waals surface area contributed by atoms with Crippen LogP contribution in [0, 0.1) is 34.5 Å². The van der Waals surface area contributed by atoms with Crippen molar-refractivity contribution in [2.45, 2.75) is 83.7 Å². The fourth-order valence-corrected chi connectivity index (χ4v) is 8.45. The maximum absolute atomic E-state index is 11.6. The van der Waals surface area contributed by atoms with E-state index in [0.717, 1.165) is 24.7 Å². The molecule has 1 N–H and O–H groups in total. The Kier molecular flexibility index (Phi) is 3.72. The number of carbonyl (C=O) groups is 1. The van der Waals surface area contributed by atoms with Gasteiger partial charge in [-0.15, -0.1) is 0 Å². The number of hydrogen-bond acceptors (Lipinski definition) is 3. The first-order valence-electron chi connectivity index (χ1n) is 11.0. The molecule has 1 heterocycles. The molecule has 0 unspecified atom stereocenters. The van der Waals surface area contributed by atoms with Gasteiger partial charge in [-0.05, 0) is 91.4 Å². The van der Waals surface area contributed by atoms with Gasteiger partial charge in [0.25, 0.3) is 0 Å². The van der Waals surface area contributed by atoms with Crippen molar-refractivity contribution in [2.75, 3.05) is 6.61 Å². The Hall–Kier alpha value is -0.830. The predicted octanol–water partition coefficient (Wildman–Crippen LogP) is 4.63. The summed E-state index contributed by atoms with van der Waals surface area (Å²) in [7, 11) is 0. The van der Waals surface area contributed by atoms with Crippen LogP contribution in [0.2, 0.25) is 0 Å². The first kappa shape index (κ1) is 17.3. The molecular weight excluding hydrogens is 324 g/mol. The van der Waals surface area contributed by atoms with Crippen LogP contribution < -0.4 is 0 Å². The molecule has 0 aromatic carbocycles. The van der Waals surface area contributed by atoms with E-state index in [0.29, 0.717) is 23.9 Å². The van der Waals surface area contributed by atoms with Crippen LogP contribution >= 0.6 is 0 Å². The monoisotopic (exact) mass is 358 g/mol. The molecule has 0 aromatic heterocycles. The molecule has 7 atom stereocenters. The summed E-state index contributed by atoms with van der Waals surface area (Å²) in [6.07, 6.45) is 13.7. The Morgan fingerprint density at radius 1 is 1.00 bits per heavy atom. The number of ether oxygens (including phenoxy) is 1. The Morgan fingerprint density at radius 2 is 1.81 bits per heavy atom. The summed E-state index contributed by atoms with van der Waals surface area (Å²) in [5, 5.41) is 11.5. The zero-order chi connectivity index (χ0) is 18.2. The van der Waals surface area contributed by atoms with E-state index in [1.54, 1.807) is 6.08 Å². The first-order chi connectivity index (χ1) is 12.4. The maximum Gasteiger partial charge on any atom is 0.331 e. The molecule has 3 heteroatoms. The van der Waals surface area contributed by atoms with Gasteiger partial charge in [0.15, 0.2) is 0 Å². The van der Waals surface area contributed by atoms with E-state index in [4.69, 9.17) is 4.74 Å².